The molecule has 3 N–H and O–H groups in total. The minimum Gasteiger partial charge on any atom is -0.392 e. The molecule has 0 aliphatic carbocycles. The summed E-state index contributed by atoms with van der Waals surface area (Å²) in [7, 11) is 0. The SMILES string of the molecule is CCC(NC(=O)c1cccc2nccnc12)C(N)=S. The molecule has 0 saturated carbocycles. The number of fused-ring (bicyclic) bond motifs is 1. The molecule has 0 bridgehead atoms. The standard InChI is InChI=1S/C13H14N4OS/c1-2-9(12(14)19)17-13(18)8-4-3-5-10-11(8)16-7-6-15-10/h3-7,9H,2H2,1H3,(H2,14,19)(H,17,18). The van der Waals surface area contributed by atoms with Gasteiger partial charge < -0.3 is 11.1 Å². The number of rotatable bonds is 4. The van der Waals surface area contributed by atoms with E-state index in [1.54, 1.807) is 24.5 Å². The second-order valence-electron chi connectivity index (χ2n) is 4.07. The van der Waals surface area contributed by atoms with E-state index in [2.05, 4.69) is 15.3 Å². The van der Waals surface area contributed by atoms with Crippen molar-refractivity contribution in [2.75, 3.05) is 0 Å². The molecule has 1 aromatic carbocycles. The molecule has 0 aliphatic heterocycles. The van der Waals surface area contributed by atoms with Crippen LogP contribution in [0.25, 0.3) is 11.0 Å². The first-order valence-corrected chi connectivity index (χ1v) is 6.34. The van der Waals surface area contributed by atoms with Gasteiger partial charge in [0, 0.05) is 12.4 Å². The van der Waals surface area contributed by atoms with E-state index in [1.807, 2.05) is 13.0 Å². The fraction of sp³-hybridized carbons (Fsp3) is 0.231. The normalized spacial score (nSPS) is 12.1. The molecule has 6 heteroatoms. The minimum absolute atomic E-state index is 0.245. The fourth-order valence-corrected chi connectivity index (χ4v) is 2.01. The molecule has 1 atom stereocenters. The largest absolute Gasteiger partial charge is 0.392 e. The van der Waals surface area contributed by atoms with Crippen LogP contribution in [0.3, 0.4) is 0 Å². The second-order valence-corrected chi connectivity index (χ2v) is 4.54. The van der Waals surface area contributed by atoms with Gasteiger partial charge in [0.25, 0.3) is 5.91 Å². The van der Waals surface area contributed by atoms with Crippen LogP contribution in [0.5, 0.6) is 0 Å². The Morgan fingerprint density at radius 3 is 2.84 bits per heavy atom. The average Bonchev–Trinajstić information content (AvgIpc) is 2.43. The van der Waals surface area contributed by atoms with Gasteiger partial charge in [-0.3, -0.25) is 14.8 Å². The molecule has 0 saturated heterocycles. The van der Waals surface area contributed by atoms with Crippen LogP contribution >= 0.6 is 12.2 Å². The molecule has 0 fully saturated rings. The van der Waals surface area contributed by atoms with Crippen molar-refractivity contribution in [3.63, 3.8) is 0 Å². The highest BCUT2D eigenvalue weighted by Gasteiger charge is 2.16. The zero-order chi connectivity index (χ0) is 13.8. The molecule has 0 spiro atoms. The Hall–Kier alpha value is -2.08. The summed E-state index contributed by atoms with van der Waals surface area (Å²) in [6.07, 6.45) is 3.80. The Bertz CT molecular complexity index is 624. The van der Waals surface area contributed by atoms with Crippen LogP contribution < -0.4 is 11.1 Å². The van der Waals surface area contributed by atoms with Gasteiger partial charge >= 0.3 is 0 Å². The summed E-state index contributed by atoms with van der Waals surface area (Å²) < 4.78 is 0. The van der Waals surface area contributed by atoms with Gasteiger partial charge in [-0.2, -0.15) is 0 Å². The molecule has 2 rings (SSSR count). The molecule has 1 amide bonds. The summed E-state index contributed by atoms with van der Waals surface area (Å²) in [5, 5.41) is 2.80. The van der Waals surface area contributed by atoms with Gasteiger partial charge in [-0.1, -0.05) is 25.2 Å². The first-order chi connectivity index (χ1) is 9.13. The Morgan fingerprint density at radius 2 is 2.16 bits per heavy atom. The third-order valence-electron chi connectivity index (χ3n) is 2.80. The zero-order valence-electron chi connectivity index (χ0n) is 10.5. The van der Waals surface area contributed by atoms with E-state index in [0.717, 1.165) is 0 Å². The van der Waals surface area contributed by atoms with Gasteiger partial charge in [-0.15, -0.1) is 0 Å². The van der Waals surface area contributed by atoms with Gasteiger partial charge in [-0.05, 0) is 18.6 Å². The molecule has 98 valence electrons. The quantitative estimate of drug-likeness (QED) is 0.824. The van der Waals surface area contributed by atoms with Crippen molar-refractivity contribution in [2.45, 2.75) is 19.4 Å². The Morgan fingerprint density at radius 1 is 1.42 bits per heavy atom. The number of carbonyl (C=O) groups is 1. The van der Waals surface area contributed by atoms with E-state index in [4.69, 9.17) is 18.0 Å². The van der Waals surface area contributed by atoms with Crippen LogP contribution in [-0.2, 0) is 0 Å². The first-order valence-electron chi connectivity index (χ1n) is 5.93. The van der Waals surface area contributed by atoms with E-state index < -0.39 is 0 Å². The summed E-state index contributed by atoms with van der Waals surface area (Å²) in [5.74, 6) is -0.245. The Balaban J connectivity index is 2.34. The number of nitrogens with two attached hydrogens (primary N) is 1. The van der Waals surface area contributed by atoms with E-state index in [9.17, 15) is 4.79 Å². The number of hydrogen-bond donors (Lipinski definition) is 2. The molecular weight excluding hydrogens is 260 g/mol. The monoisotopic (exact) mass is 274 g/mol. The highest BCUT2D eigenvalue weighted by molar-refractivity contribution is 7.80. The molecule has 2 aromatic rings. The number of nitrogens with one attached hydrogen (secondary N) is 1. The number of carbonyl (C=O) groups excluding carboxylic acids is 1. The molecule has 5 nitrogen and oxygen atoms in total. The van der Waals surface area contributed by atoms with Crippen molar-refractivity contribution in [3.05, 3.63) is 36.2 Å². The lowest BCUT2D eigenvalue weighted by atomic mass is 10.1. The number of nitrogens with zero attached hydrogens (tertiary/aromatic N) is 2. The number of benzene rings is 1. The molecular formula is C13H14N4OS. The third-order valence-corrected chi connectivity index (χ3v) is 3.08. The second kappa shape index (κ2) is 5.71. The summed E-state index contributed by atoms with van der Waals surface area (Å²) in [5.41, 5.74) is 7.30. The van der Waals surface area contributed by atoms with Gasteiger partial charge in [0.05, 0.1) is 22.1 Å². The average molecular weight is 274 g/mol. The predicted octanol–water partition coefficient (Wildman–Crippen LogP) is 1.42. The number of thiocarbonyl (C=S) groups is 1. The van der Waals surface area contributed by atoms with E-state index in [1.165, 1.54) is 0 Å². The number of aromatic nitrogens is 2. The van der Waals surface area contributed by atoms with Crippen molar-refractivity contribution >= 4 is 34.1 Å². The fourth-order valence-electron chi connectivity index (χ4n) is 1.79. The van der Waals surface area contributed by atoms with Crippen LogP contribution in [0.4, 0.5) is 0 Å². The smallest absolute Gasteiger partial charge is 0.254 e. The maximum Gasteiger partial charge on any atom is 0.254 e. The van der Waals surface area contributed by atoms with Crippen LogP contribution in [0, 0.1) is 0 Å². The predicted molar refractivity (Wildman–Crippen MR) is 77.9 cm³/mol. The van der Waals surface area contributed by atoms with E-state index in [0.29, 0.717) is 23.0 Å². The summed E-state index contributed by atoms with van der Waals surface area (Å²) >= 11 is 4.92. The van der Waals surface area contributed by atoms with E-state index >= 15 is 0 Å². The van der Waals surface area contributed by atoms with Crippen molar-refractivity contribution in [1.82, 2.24) is 15.3 Å². The molecule has 0 aliphatic rings. The van der Waals surface area contributed by atoms with Crippen molar-refractivity contribution in [2.24, 2.45) is 5.73 Å². The van der Waals surface area contributed by atoms with Crippen LogP contribution in [-0.4, -0.2) is 26.9 Å². The molecule has 19 heavy (non-hydrogen) atoms. The zero-order valence-corrected chi connectivity index (χ0v) is 11.3. The van der Waals surface area contributed by atoms with Gasteiger partial charge in [0.2, 0.25) is 0 Å². The van der Waals surface area contributed by atoms with Crippen LogP contribution in [0.15, 0.2) is 30.6 Å². The maximum absolute atomic E-state index is 12.2. The lowest BCUT2D eigenvalue weighted by Gasteiger charge is -2.15. The highest BCUT2D eigenvalue weighted by atomic mass is 32.1. The van der Waals surface area contributed by atoms with Crippen LogP contribution in [0.1, 0.15) is 23.7 Å². The maximum atomic E-state index is 12.2. The molecule has 1 unspecified atom stereocenters. The van der Waals surface area contributed by atoms with E-state index in [-0.39, 0.29) is 16.9 Å². The summed E-state index contributed by atoms with van der Waals surface area (Å²) in [6.45, 7) is 1.91. The first kappa shape index (κ1) is 13.4. The van der Waals surface area contributed by atoms with Crippen LogP contribution in [0.2, 0.25) is 0 Å². The lowest BCUT2D eigenvalue weighted by molar-refractivity contribution is 0.0948. The Labute approximate surface area is 116 Å². The topological polar surface area (TPSA) is 80.9 Å². The third kappa shape index (κ3) is 2.85. The van der Waals surface area contributed by atoms with Crippen molar-refractivity contribution < 1.29 is 4.79 Å². The summed E-state index contributed by atoms with van der Waals surface area (Å²) in [6, 6.07) is 4.98. The number of hydrogen-bond acceptors (Lipinski definition) is 4. The Kier molecular flexibility index (Phi) is 4.01. The van der Waals surface area contributed by atoms with Gasteiger partial charge in [0.1, 0.15) is 5.52 Å². The number of para-hydroxylation sites is 1. The van der Waals surface area contributed by atoms with Crippen molar-refractivity contribution in [3.8, 4) is 0 Å². The van der Waals surface area contributed by atoms with Gasteiger partial charge in [-0.25, -0.2) is 0 Å². The number of amides is 1. The summed E-state index contributed by atoms with van der Waals surface area (Å²) in [4.78, 5) is 20.9. The minimum atomic E-state index is -0.311. The van der Waals surface area contributed by atoms with Gasteiger partial charge in [0.15, 0.2) is 0 Å². The lowest BCUT2D eigenvalue weighted by Crippen LogP contribution is -2.43. The molecule has 1 heterocycles. The molecule has 1 aromatic heterocycles. The molecule has 0 radical (unpaired) electrons. The van der Waals surface area contributed by atoms with Crippen molar-refractivity contribution in [1.29, 1.82) is 0 Å². The highest BCUT2D eigenvalue weighted by Crippen LogP contribution is 2.13.